The molecule has 0 saturated heterocycles. The molecule has 1 heterocycles. The van der Waals surface area contributed by atoms with E-state index in [0.717, 1.165) is 0 Å². The van der Waals surface area contributed by atoms with E-state index in [-0.39, 0.29) is 12.2 Å². The molecule has 1 rings (SSSR count). The summed E-state index contributed by atoms with van der Waals surface area (Å²) in [4.78, 5) is 4.60. The Morgan fingerprint density at radius 2 is 2.14 bits per heavy atom. The van der Waals surface area contributed by atoms with E-state index in [1.165, 1.54) is 12.4 Å². The average molecular weight is 275 g/mol. The SMILES string of the molecule is FC(F)C(F)(F)C(Br)Cc1ncc[nH]1. The topological polar surface area (TPSA) is 28.7 Å². The molecule has 0 aliphatic rings. The molecule has 1 unspecified atom stereocenters. The molecule has 1 aromatic rings. The van der Waals surface area contributed by atoms with Gasteiger partial charge in [-0.25, -0.2) is 13.8 Å². The minimum absolute atomic E-state index is 0.243. The van der Waals surface area contributed by atoms with Crippen molar-refractivity contribution in [1.82, 2.24) is 9.97 Å². The summed E-state index contributed by atoms with van der Waals surface area (Å²) in [6.07, 6.45) is -1.14. The van der Waals surface area contributed by atoms with Gasteiger partial charge >= 0.3 is 12.3 Å². The Morgan fingerprint density at radius 3 is 2.57 bits per heavy atom. The van der Waals surface area contributed by atoms with Crippen LogP contribution in [0.2, 0.25) is 0 Å². The monoisotopic (exact) mass is 274 g/mol. The lowest BCUT2D eigenvalue weighted by Gasteiger charge is -2.20. The molecule has 0 aromatic carbocycles. The number of hydrogen-bond donors (Lipinski definition) is 1. The number of nitrogens with zero attached hydrogens (tertiary/aromatic N) is 1. The smallest absolute Gasteiger partial charge is 0.320 e. The summed E-state index contributed by atoms with van der Waals surface area (Å²) >= 11 is 2.53. The summed E-state index contributed by atoms with van der Waals surface area (Å²) < 4.78 is 49.1. The molecule has 0 spiro atoms. The first-order chi connectivity index (χ1) is 6.44. The quantitative estimate of drug-likeness (QED) is 0.664. The molecule has 0 amide bonds. The first kappa shape index (κ1) is 11.5. The van der Waals surface area contributed by atoms with Crippen LogP contribution in [-0.4, -0.2) is 27.1 Å². The highest BCUT2D eigenvalue weighted by atomic mass is 79.9. The third-order valence-corrected chi connectivity index (χ3v) is 2.57. The van der Waals surface area contributed by atoms with Crippen LogP contribution in [0.15, 0.2) is 12.4 Å². The van der Waals surface area contributed by atoms with Crippen molar-refractivity contribution in [1.29, 1.82) is 0 Å². The molecule has 0 aliphatic carbocycles. The van der Waals surface area contributed by atoms with Crippen molar-refractivity contribution in [2.24, 2.45) is 0 Å². The number of aromatic nitrogens is 2. The van der Waals surface area contributed by atoms with Crippen LogP contribution in [0.25, 0.3) is 0 Å². The van der Waals surface area contributed by atoms with Gasteiger partial charge in [0.15, 0.2) is 0 Å². The van der Waals surface area contributed by atoms with Gasteiger partial charge in [0.05, 0.1) is 4.83 Å². The van der Waals surface area contributed by atoms with Gasteiger partial charge in [-0.1, -0.05) is 15.9 Å². The molecular formula is C7H7BrF4N2. The van der Waals surface area contributed by atoms with Gasteiger partial charge < -0.3 is 4.98 Å². The Kier molecular flexibility index (Phi) is 3.52. The van der Waals surface area contributed by atoms with Crippen molar-refractivity contribution in [3.05, 3.63) is 18.2 Å². The predicted molar refractivity (Wildman–Crippen MR) is 46.0 cm³/mol. The summed E-state index contributed by atoms with van der Waals surface area (Å²) in [7, 11) is 0. The van der Waals surface area contributed by atoms with Crippen molar-refractivity contribution in [2.45, 2.75) is 23.6 Å². The zero-order valence-electron chi connectivity index (χ0n) is 6.85. The normalized spacial score (nSPS) is 14.7. The molecule has 80 valence electrons. The largest absolute Gasteiger partial charge is 0.349 e. The summed E-state index contributed by atoms with van der Waals surface area (Å²) in [5.74, 6) is -3.81. The van der Waals surface area contributed by atoms with E-state index in [1.54, 1.807) is 0 Å². The molecule has 14 heavy (non-hydrogen) atoms. The first-order valence-corrected chi connectivity index (χ1v) is 4.64. The van der Waals surface area contributed by atoms with Gasteiger partial charge in [0.2, 0.25) is 0 Å². The Bertz CT molecular complexity index is 275. The fraction of sp³-hybridized carbons (Fsp3) is 0.571. The van der Waals surface area contributed by atoms with Crippen LogP contribution in [0, 0.1) is 0 Å². The third-order valence-electron chi connectivity index (χ3n) is 1.64. The Hall–Kier alpha value is -0.590. The number of rotatable bonds is 4. The summed E-state index contributed by atoms with van der Waals surface area (Å²) in [5, 5.41) is 0. The zero-order chi connectivity index (χ0) is 10.8. The van der Waals surface area contributed by atoms with Gasteiger partial charge in [-0.15, -0.1) is 0 Å². The molecule has 1 atom stereocenters. The number of alkyl halides is 5. The lowest BCUT2D eigenvalue weighted by Crippen LogP contribution is -2.38. The van der Waals surface area contributed by atoms with Gasteiger partial charge in [-0.3, -0.25) is 0 Å². The molecule has 0 saturated carbocycles. The number of hydrogen-bond acceptors (Lipinski definition) is 1. The van der Waals surface area contributed by atoms with Crippen molar-refractivity contribution < 1.29 is 17.6 Å². The highest BCUT2D eigenvalue weighted by molar-refractivity contribution is 9.09. The lowest BCUT2D eigenvalue weighted by molar-refractivity contribution is -0.126. The summed E-state index contributed by atoms with van der Waals surface area (Å²) in [6.45, 7) is 0. The number of halogens is 5. The maximum absolute atomic E-state index is 12.7. The van der Waals surface area contributed by atoms with Crippen LogP contribution in [0.4, 0.5) is 17.6 Å². The van der Waals surface area contributed by atoms with Gasteiger partial charge in [-0.2, -0.15) is 8.78 Å². The van der Waals surface area contributed by atoms with Crippen molar-refractivity contribution in [2.75, 3.05) is 0 Å². The van der Waals surface area contributed by atoms with Crippen LogP contribution in [-0.2, 0) is 6.42 Å². The minimum atomic E-state index is -4.05. The number of nitrogens with one attached hydrogen (secondary N) is 1. The molecule has 0 radical (unpaired) electrons. The summed E-state index contributed by atoms with van der Waals surface area (Å²) in [5.41, 5.74) is 0. The van der Waals surface area contributed by atoms with Crippen LogP contribution in [0.5, 0.6) is 0 Å². The molecule has 1 aromatic heterocycles. The number of aromatic amines is 1. The standard InChI is InChI=1S/C7H7BrF4N2/c8-4(7(11,12)6(9)10)3-5-13-1-2-14-5/h1-2,4,6H,3H2,(H,13,14). The second-order valence-electron chi connectivity index (χ2n) is 2.68. The molecular weight excluding hydrogens is 268 g/mol. The van der Waals surface area contributed by atoms with E-state index in [2.05, 4.69) is 25.9 Å². The molecule has 2 nitrogen and oxygen atoms in total. The van der Waals surface area contributed by atoms with Crippen molar-refractivity contribution >= 4 is 15.9 Å². The van der Waals surface area contributed by atoms with E-state index in [1.807, 2.05) is 0 Å². The molecule has 0 bridgehead atoms. The number of imidazole rings is 1. The highest BCUT2D eigenvalue weighted by Crippen LogP contribution is 2.33. The van der Waals surface area contributed by atoms with Gasteiger partial charge in [0.1, 0.15) is 5.82 Å². The van der Waals surface area contributed by atoms with E-state index in [9.17, 15) is 17.6 Å². The fourth-order valence-electron chi connectivity index (χ4n) is 0.852. The second kappa shape index (κ2) is 4.29. The zero-order valence-corrected chi connectivity index (χ0v) is 8.44. The molecule has 1 N–H and O–H groups in total. The van der Waals surface area contributed by atoms with Crippen molar-refractivity contribution in [3.8, 4) is 0 Å². The predicted octanol–water partition coefficient (Wildman–Crippen LogP) is 2.62. The van der Waals surface area contributed by atoms with Gasteiger partial charge in [-0.05, 0) is 0 Å². The average Bonchev–Trinajstić information content (AvgIpc) is 2.56. The first-order valence-electron chi connectivity index (χ1n) is 3.73. The van der Waals surface area contributed by atoms with E-state index in [0.29, 0.717) is 0 Å². The van der Waals surface area contributed by atoms with E-state index >= 15 is 0 Å². The fourth-order valence-corrected chi connectivity index (χ4v) is 1.36. The maximum Gasteiger partial charge on any atom is 0.320 e. The second-order valence-corrected chi connectivity index (χ2v) is 3.79. The minimum Gasteiger partial charge on any atom is -0.349 e. The van der Waals surface area contributed by atoms with Crippen LogP contribution in [0.3, 0.4) is 0 Å². The Labute approximate surface area is 85.8 Å². The molecule has 0 fully saturated rings. The van der Waals surface area contributed by atoms with Crippen molar-refractivity contribution in [3.63, 3.8) is 0 Å². The van der Waals surface area contributed by atoms with Crippen LogP contribution < -0.4 is 0 Å². The Balaban J connectivity index is 2.62. The lowest BCUT2D eigenvalue weighted by atomic mass is 10.2. The molecule has 7 heteroatoms. The Morgan fingerprint density at radius 1 is 1.50 bits per heavy atom. The third kappa shape index (κ3) is 2.46. The van der Waals surface area contributed by atoms with E-state index in [4.69, 9.17) is 0 Å². The van der Waals surface area contributed by atoms with Crippen LogP contribution in [0.1, 0.15) is 5.82 Å². The number of H-pyrrole nitrogens is 1. The maximum atomic E-state index is 12.7. The molecule has 0 aliphatic heterocycles. The van der Waals surface area contributed by atoms with E-state index < -0.39 is 17.2 Å². The highest BCUT2D eigenvalue weighted by Gasteiger charge is 2.47. The van der Waals surface area contributed by atoms with Gasteiger partial charge in [0.25, 0.3) is 0 Å². The van der Waals surface area contributed by atoms with Crippen LogP contribution >= 0.6 is 15.9 Å². The van der Waals surface area contributed by atoms with Gasteiger partial charge in [0, 0.05) is 18.8 Å². The summed E-state index contributed by atoms with van der Waals surface area (Å²) in [6, 6.07) is 0.